The fourth-order valence-corrected chi connectivity index (χ4v) is 7.91. The largest absolute Gasteiger partial charge is 0.487 e. The first-order valence-electron chi connectivity index (χ1n) is 20.0. The lowest BCUT2D eigenvalue weighted by molar-refractivity contribution is -0.138. The molecule has 1 saturated carbocycles. The van der Waals surface area contributed by atoms with Gasteiger partial charge < -0.3 is 19.8 Å². The summed E-state index contributed by atoms with van der Waals surface area (Å²) in [6, 6.07) is 1.93. The van der Waals surface area contributed by atoms with E-state index in [9.17, 15) is 33.0 Å². The SMILES string of the molecule is C=C=C=C=C=C=C=C=C=C=C=C(C)OCCOP(=O)(O)OCC(=O)CCc1ncc(-c2cc3c(C(C)=O)nn(CC(=O)N4[C@H](C(=O)Nc5nc(Br)c(F)cc5C)C[C@@]5(C)C[C@@H]45)c3cn2)cn1. The lowest BCUT2D eigenvalue weighted by Gasteiger charge is -2.27. The monoisotopic (exact) mass is 976 g/mol. The summed E-state index contributed by atoms with van der Waals surface area (Å²) in [5.74, 6) is -1.46. The Morgan fingerprint density at radius 1 is 1.00 bits per heavy atom. The highest BCUT2D eigenvalue weighted by atomic mass is 79.9. The maximum absolute atomic E-state index is 14.0. The molecule has 0 aromatic carbocycles. The second-order valence-corrected chi connectivity index (χ2v) is 17.4. The van der Waals surface area contributed by atoms with Gasteiger partial charge in [-0.05, 0) is 117 Å². The first kappa shape index (κ1) is 48.4. The van der Waals surface area contributed by atoms with Crippen LogP contribution >= 0.6 is 23.8 Å². The number of hydrogen-bond acceptors (Lipinski definition) is 13. The van der Waals surface area contributed by atoms with Gasteiger partial charge in [0.15, 0.2) is 17.4 Å². The quantitative estimate of drug-likeness (QED) is 0.0290. The minimum Gasteiger partial charge on any atom is -0.487 e. The van der Waals surface area contributed by atoms with Crippen LogP contribution in [0.1, 0.15) is 61.9 Å². The molecule has 5 heterocycles. The standard InChI is InChI=1S/C46H39BrFN8O9P/c1-6-7-8-9-10-11-12-13-14-15-30(3)63-18-19-64-66(61,62)65-28-33(58)16-17-40-50-24-32(25-51-40)36-21-34-38(26-49-36)55(54-42(34)31(4)57)27-41(59)56-37(22-46(5)23-39(46)56)45(60)53-44-29(2)20-35(48)43(47)52-44/h20-21,24-26,37,39H,1,16-19,22-23,27-28H2,2-5H3,(H,61,62)(H,52,53,60)/t37-,39+,46-/m0/s1. The van der Waals surface area contributed by atoms with Crippen molar-refractivity contribution >= 4 is 63.9 Å². The van der Waals surface area contributed by atoms with Crippen LogP contribution in [0.15, 0.2) is 105 Å². The van der Waals surface area contributed by atoms with E-state index in [1.807, 2.05) is 6.92 Å². The number of phosphoric ester groups is 1. The molecule has 6 rings (SSSR count). The van der Waals surface area contributed by atoms with Gasteiger partial charge in [0, 0.05) is 56.1 Å². The van der Waals surface area contributed by atoms with Crippen LogP contribution in [-0.4, -0.2) is 94.8 Å². The second-order valence-electron chi connectivity index (χ2n) is 15.2. The van der Waals surface area contributed by atoms with Crippen molar-refractivity contribution in [1.29, 1.82) is 0 Å². The molecule has 2 fully saturated rings. The number of aromatic nitrogens is 6. The second kappa shape index (κ2) is 21.3. The summed E-state index contributed by atoms with van der Waals surface area (Å²) in [5, 5.41) is 7.68. The molecule has 17 nitrogen and oxygen atoms in total. The van der Waals surface area contributed by atoms with Crippen molar-refractivity contribution in [3.05, 3.63) is 128 Å². The minimum absolute atomic E-state index is 0.0477. The Morgan fingerprint density at radius 2 is 1.70 bits per heavy atom. The summed E-state index contributed by atoms with van der Waals surface area (Å²) in [7, 11) is -4.57. The Bertz CT molecular complexity index is 3110. The lowest BCUT2D eigenvalue weighted by Crippen LogP contribution is -2.47. The van der Waals surface area contributed by atoms with E-state index in [2.05, 4.69) is 110 Å². The van der Waals surface area contributed by atoms with E-state index in [0.717, 1.165) is 6.42 Å². The molecule has 1 unspecified atom stereocenters. The zero-order valence-electron chi connectivity index (χ0n) is 36.0. The van der Waals surface area contributed by atoms with E-state index in [4.69, 9.17) is 13.8 Å². The Labute approximate surface area is 385 Å². The predicted molar refractivity (Wildman–Crippen MR) is 237 cm³/mol. The number of Topliss-reactive ketones (excluding diaryl/α,β-unsaturated/α-hetero) is 2. The lowest BCUT2D eigenvalue weighted by atomic mass is 10.0. The Kier molecular flexibility index (Phi) is 15.6. The summed E-state index contributed by atoms with van der Waals surface area (Å²) >= 11 is 3.05. The number of nitrogens with zero attached hydrogens (tertiary/aromatic N) is 7. The van der Waals surface area contributed by atoms with Crippen LogP contribution in [0.3, 0.4) is 0 Å². The van der Waals surface area contributed by atoms with Crippen LogP contribution in [0, 0.1) is 18.2 Å². The summed E-state index contributed by atoms with van der Waals surface area (Å²) in [4.78, 5) is 81.7. The number of carbonyl (C=O) groups excluding carboxylic acids is 4. The number of allylic oxidation sites excluding steroid dienone is 1. The van der Waals surface area contributed by atoms with Crippen molar-refractivity contribution < 1.29 is 46.8 Å². The van der Waals surface area contributed by atoms with Crippen molar-refractivity contribution in [3.8, 4) is 11.3 Å². The highest BCUT2D eigenvalue weighted by molar-refractivity contribution is 9.10. The number of anilines is 1. The minimum atomic E-state index is -4.57. The number of aryl methyl sites for hydroxylation is 2. The predicted octanol–water partition coefficient (Wildman–Crippen LogP) is 6.45. The number of rotatable bonds is 17. The zero-order chi connectivity index (χ0) is 47.6. The van der Waals surface area contributed by atoms with Crippen LogP contribution in [-0.2, 0) is 45.7 Å². The molecule has 1 aliphatic heterocycles. The summed E-state index contributed by atoms with van der Waals surface area (Å²) in [6.07, 6.45) is 5.65. The van der Waals surface area contributed by atoms with Crippen molar-refractivity contribution in [2.45, 2.75) is 72.0 Å². The average Bonchev–Trinajstić information content (AvgIpc) is 3.64. The first-order chi connectivity index (χ1) is 31.5. The maximum Gasteiger partial charge on any atom is 0.472 e. The smallest absolute Gasteiger partial charge is 0.472 e. The van der Waals surface area contributed by atoms with E-state index in [0.29, 0.717) is 40.0 Å². The van der Waals surface area contributed by atoms with Crippen LogP contribution in [0.4, 0.5) is 10.2 Å². The summed E-state index contributed by atoms with van der Waals surface area (Å²) in [6.45, 7) is 8.47. The van der Waals surface area contributed by atoms with E-state index >= 15 is 0 Å². The zero-order valence-corrected chi connectivity index (χ0v) is 38.4. The molecule has 4 aromatic rings. The third-order valence-electron chi connectivity index (χ3n) is 10.3. The number of nitrogens with one attached hydrogen (secondary N) is 1. The normalized spacial score (nSPS) is 17.3. The fourth-order valence-electron chi connectivity index (χ4n) is 6.93. The number of hydrogen-bond donors (Lipinski definition) is 2. The van der Waals surface area contributed by atoms with Gasteiger partial charge in [-0.2, -0.15) is 5.10 Å². The van der Waals surface area contributed by atoms with Crippen molar-refractivity contribution in [1.82, 2.24) is 34.6 Å². The Balaban J connectivity index is 1.02. The van der Waals surface area contributed by atoms with Gasteiger partial charge in [-0.3, -0.25) is 37.9 Å². The van der Waals surface area contributed by atoms with Crippen molar-refractivity contribution in [3.63, 3.8) is 0 Å². The first-order valence-corrected chi connectivity index (χ1v) is 22.3. The number of piperidine rings is 1. The molecular formula is C46H39BrFN8O9P. The molecule has 2 N–H and O–H groups in total. The number of carbonyl (C=O) groups is 4. The molecule has 1 aliphatic carbocycles. The third kappa shape index (κ3) is 12.4. The van der Waals surface area contributed by atoms with Crippen LogP contribution in [0.2, 0.25) is 0 Å². The molecular weight excluding hydrogens is 938 g/mol. The van der Waals surface area contributed by atoms with E-state index in [1.165, 1.54) is 36.3 Å². The number of likely N-dealkylation sites (tertiary alicyclic amines) is 1. The molecule has 2 aliphatic rings. The van der Waals surface area contributed by atoms with Crippen LogP contribution in [0.25, 0.3) is 22.2 Å². The number of ketones is 2. The van der Waals surface area contributed by atoms with E-state index in [1.54, 1.807) is 24.8 Å². The molecule has 0 radical (unpaired) electrons. The van der Waals surface area contributed by atoms with Gasteiger partial charge in [0.25, 0.3) is 0 Å². The number of fused-ring (bicyclic) bond motifs is 2. The topological polar surface area (TPSA) is 218 Å². The summed E-state index contributed by atoms with van der Waals surface area (Å²) < 4.78 is 42.6. The number of amides is 2. The number of pyridine rings is 2. The Morgan fingerprint density at radius 3 is 2.39 bits per heavy atom. The summed E-state index contributed by atoms with van der Waals surface area (Å²) in [5.41, 5.74) is 26.4. The molecule has 4 aromatic heterocycles. The molecule has 4 atom stereocenters. The van der Waals surface area contributed by atoms with Gasteiger partial charge in [-0.15, -0.1) is 0 Å². The van der Waals surface area contributed by atoms with Gasteiger partial charge >= 0.3 is 7.82 Å². The Hall–Kier alpha value is -7.01. The maximum atomic E-state index is 14.0. The third-order valence-corrected chi connectivity index (χ3v) is 11.8. The van der Waals surface area contributed by atoms with Crippen LogP contribution < -0.4 is 5.32 Å². The average molecular weight is 978 g/mol. The van der Waals surface area contributed by atoms with Gasteiger partial charge in [-0.25, -0.2) is 23.9 Å². The van der Waals surface area contributed by atoms with E-state index < -0.39 is 38.0 Å². The number of phosphoric acid groups is 1. The highest BCUT2D eigenvalue weighted by Crippen LogP contribution is 2.59. The molecule has 0 spiro atoms. The van der Waals surface area contributed by atoms with Crippen LogP contribution in [0.5, 0.6) is 0 Å². The van der Waals surface area contributed by atoms with E-state index in [-0.39, 0.29) is 77.6 Å². The molecule has 336 valence electrons. The molecule has 2 amide bonds. The van der Waals surface area contributed by atoms with Crippen molar-refractivity contribution in [2.75, 3.05) is 25.1 Å². The fraction of sp³-hybridized carbons (Fsp3) is 0.326. The number of ether oxygens (including phenoxy) is 1. The molecule has 0 bridgehead atoms. The molecule has 20 heteroatoms. The van der Waals surface area contributed by atoms with Gasteiger partial charge in [0.05, 0.1) is 24.0 Å². The molecule has 66 heavy (non-hydrogen) atoms. The van der Waals surface area contributed by atoms with Gasteiger partial charge in [0.2, 0.25) is 11.8 Å². The van der Waals surface area contributed by atoms with Crippen molar-refractivity contribution in [2.24, 2.45) is 5.41 Å². The molecule has 1 saturated heterocycles. The van der Waals surface area contributed by atoms with Gasteiger partial charge in [-0.1, -0.05) is 12.7 Å². The number of halogens is 2. The van der Waals surface area contributed by atoms with Gasteiger partial charge in [0.1, 0.15) is 53.5 Å². The highest BCUT2D eigenvalue weighted by Gasteiger charge is 2.64.